The SMILES string of the molecule is O=C(Cl)C[C@@](O)(C(=O)c1ccc(Cl)cc1)C(O)C(O)C(=O)c1ccc(Cl)cc1. The molecule has 0 saturated heterocycles. The van der Waals surface area contributed by atoms with E-state index in [1.807, 2.05) is 0 Å². The lowest BCUT2D eigenvalue weighted by atomic mass is 9.81. The average Bonchev–Trinajstić information content (AvgIpc) is 2.66. The predicted molar refractivity (Wildman–Crippen MR) is 104 cm³/mol. The fourth-order valence-corrected chi connectivity index (χ4v) is 3.03. The Kier molecular flexibility index (Phi) is 7.33. The lowest BCUT2D eigenvalue weighted by Gasteiger charge is -2.32. The van der Waals surface area contributed by atoms with Crippen LogP contribution in [-0.2, 0) is 4.79 Å². The molecule has 0 saturated carbocycles. The molecule has 0 aliphatic rings. The van der Waals surface area contributed by atoms with Crippen molar-refractivity contribution in [3.05, 3.63) is 69.7 Å². The molecule has 28 heavy (non-hydrogen) atoms. The lowest BCUT2D eigenvalue weighted by molar-refractivity contribution is -0.125. The Labute approximate surface area is 175 Å². The molecule has 0 amide bonds. The number of aliphatic hydroxyl groups is 3. The molecule has 0 bridgehead atoms. The number of rotatable bonds is 8. The van der Waals surface area contributed by atoms with Crippen molar-refractivity contribution in [1.82, 2.24) is 0 Å². The van der Waals surface area contributed by atoms with Crippen LogP contribution in [0.2, 0.25) is 10.0 Å². The molecule has 3 N–H and O–H groups in total. The Morgan fingerprint density at radius 3 is 1.71 bits per heavy atom. The summed E-state index contributed by atoms with van der Waals surface area (Å²) in [5.74, 6) is -2.08. The van der Waals surface area contributed by atoms with Gasteiger partial charge in [-0.25, -0.2) is 0 Å². The third-order valence-corrected chi connectivity index (χ3v) is 4.73. The number of hydrogen-bond acceptors (Lipinski definition) is 6. The summed E-state index contributed by atoms with van der Waals surface area (Å²) in [6.07, 6.45) is -5.57. The summed E-state index contributed by atoms with van der Waals surface area (Å²) in [7, 11) is 0. The molecule has 2 rings (SSSR count). The highest BCUT2D eigenvalue weighted by molar-refractivity contribution is 6.63. The van der Waals surface area contributed by atoms with Crippen molar-refractivity contribution in [3.8, 4) is 0 Å². The van der Waals surface area contributed by atoms with Crippen molar-refractivity contribution < 1.29 is 29.7 Å². The number of aliphatic hydroxyl groups excluding tert-OH is 2. The maximum absolute atomic E-state index is 12.8. The van der Waals surface area contributed by atoms with Gasteiger partial charge in [0.05, 0.1) is 6.42 Å². The van der Waals surface area contributed by atoms with Crippen LogP contribution in [0.4, 0.5) is 0 Å². The second-order valence-electron chi connectivity index (χ2n) is 6.05. The van der Waals surface area contributed by atoms with E-state index in [1.165, 1.54) is 48.5 Å². The molecule has 0 aliphatic carbocycles. The first-order valence-electron chi connectivity index (χ1n) is 7.93. The van der Waals surface area contributed by atoms with Gasteiger partial charge in [-0.1, -0.05) is 23.2 Å². The first-order chi connectivity index (χ1) is 13.1. The molecule has 9 heteroatoms. The Hall–Kier alpha value is -1.80. The van der Waals surface area contributed by atoms with Crippen molar-refractivity contribution in [2.45, 2.75) is 24.2 Å². The second-order valence-corrected chi connectivity index (χ2v) is 7.35. The Bertz CT molecular complexity index is 882. The van der Waals surface area contributed by atoms with Gasteiger partial charge in [-0.15, -0.1) is 0 Å². The van der Waals surface area contributed by atoms with Gasteiger partial charge in [-0.2, -0.15) is 0 Å². The second kappa shape index (κ2) is 9.13. The van der Waals surface area contributed by atoms with E-state index in [4.69, 9.17) is 34.8 Å². The van der Waals surface area contributed by atoms with Crippen LogP contribution in [0, 0.1) is 0 Å². The highest BCUT2D eigenvalue weighted by Gasteiger charge is 2.49. The standard InChI is InChI=1S/C19H15Cl3O6/c20-12-5-1-10(2-6-12)15(24)16(25)18(27)19(28,9-14(22)23)17(26)11-3-7-13(21)8-4-11/h1-8,16,18,25,27-28H,9H2/t16?,18?,19-/m1/s1. The lowest BCUT2D eigenvalue weighted by Crippen LogP contribution is -2.57. The van der Waals surface area contributed by atoms with Crippen LogP contribution in [0.3, 0.4) is 0 Å². The van der Waals surface area contributed by atoms with Crippen LogP contribution >= 0.6 is 34.8 Å². The van der Waals surface area contributed by atoms with Crippen LogP contribution in [-0.4, -0.2) is 49.9 Å². The van der Waals surface area contributed by atoms with Gasteiger partial charge in [-0.05, 0) is 60.1 Å². The van der Waals surface area contributed by atoms with Gasteiger partial charge >= 0.3 is 0 Å². The van der Waals surface area contributed by atoms with Gasteiger partial charge < -0.3 is 15.3 Å². The largest absolute Gasteiger partial charge is 0.386 e. The molecule has 0 spiro atoms. The Morgan fingerprint density at radius 1 is 0.857 bits per heavy atom. The Morgan fingerprint density at radius 2 is 1.29 bits per heavy atom. The highest BCUT2D eigenvalue weighted by Crippen LogP contribution is 2.27. The number of hydrogen-bond donors (Lipinski definition) is 3. The third kappa shape index (κ3) is 4.97. The summed E-state index contributed by atoms with van der Waals surface area (Å²) in [5, 5.41) is 31.0. The molecule has 2 aromatic carbocycles. The van der Waals surface area contributed by atoms with E-state index in [0.717, 1.165) is 0 Å². The maximum atomic E-state index is 12.8. The smallest absolute Gasteiger partial charge is 0.225 e. The molecule has 0 aliphatic heterocycles. The van der Waals surface area contributed by atoms with Gasteiger partial charge in [0, 0.05) is 21.2 Å². The van der Waals surface area contributed by atoms with E-state index < -0.39 is 41.0 Å². The molecule has 6 nitrogen and oxygen atoms in total. The average molecular weight is 446 g/mol. The summed E-state index contributed by atoms with van der Waals surface area (Å²) in [5.41, 5.74) is -2.96. The third-order valence-electron chi connectivity index (χ3n) is 4.09. The molecular weight excluding hydrogens is 431 g/mol. The van der Waals surface area contributed by atoms with Crippen molar-refractivity contribution >= 4 is 51.6 Å². The van der Waals surface area contributed by atoms with E-state index in [2.05, 4.69) is 0 Å². The fourth-order valence-electron chi connectivity index (χ4n) is 2.57. The van der Waals surface area contributed by atoms with Crippen molar-refractivity contribution in [3.63, 3.8) is 0 Å². The van der Waals surface area contributed by atoms with Crippen LogP contribution in [0.5, 0.6) is 0 Å². The normalized spacial score (nSPS) is 15.4. The molecule has 2 aromatic rings. The van der Waals surface area contributed by atoms with E-state index in [9.17, 15) is 29.7 Å². The topological polar surface area (TPSA) is 112 Å². The molecule has 3 atom stereocenters. The van der Waals surface area contributed by atoms with E-state index in [0.29, 0.717) is 10.0 Å². The highest BCUT2D eigenvalue weighted by atomic mass is 35.5. The van der Waals surface area contributed by atoms with E-state index in [1.54, 1.807) is 0 Å². The monoisotopic (exact) mass is 444 g/mol. The summed E-state index contributed by atoms with van der Waals surface area (Å²) in [6, 6.07) is 10.6. The summed E-state index contributed by atoms with van der Waals surface area (Å²) < 4.78 is 0. The number of ketones is 2. The van der Waals surface area contributed by atoms with Gasteiger partial charge in [-0.3, -0.25) is 14.4 Å². The molecule has 0 aromatic heterocycles. The van der Waals surface area contributed by atoms with Gasteiger partial charge in [0.15, 0.2) is 17.2 Å². The fraction of sp³-hybridized carbons (Fsp3) is 0.211. The first kappa shape index (κ1) is 22.5. The molecule has 2 unspecified atom stereocenters. The van der Waals surface area contributed by atoms with Crippen LogP contribution < -0.4 is 0 Å². The Balaban J connectivity index is 2.38. The number of Topliss-reactive ketones (excluding diaryl/α,β-unsaturated/α-hetero) is 2. The minimum absolute atomic E-state index is 0.0190. The summed E-state index contributed by atoms with van der Waals surface area (Å²) in [4.78, 5) is 36.6. The van der Waals surface area contributed by atoms with Gasteiger partial charge in [0.25, 0.3) is 0 Å². The number of halogens is 3. The van der Waals surface area contributed by atoms with Crippen molar-refractivity contribution in [2.75, 3.05) is 0 Å². The summed E-state index contributed by atoms with van der Waals surface area (Å²) in [6.45, 7) is 0. The quantitative estimate of drug-likeness (QED) is 0.425. The zero-order chi connectivity index (χ0) is 21.1. The van der Waals surface area contributed by atoms with Crippen LogP contribution in [0.1, 0.15) is 27.1 Å². The molecule has 0 fully saturated rings. The number of carbonyl (C=O) groups excluding carboxylic acids is 3. The van der Waals surface area contributed by atoms with Crippen molar-refractivity contribution in [1.29, 1.82) is 0 Å². The molecule has 148 valence electrons. The van der Waals surface area contributed by atoms with Crippen molar-refractivity contribution in [2.24, 2.45) is 0 Å². The summed E-state index contributed by atoms with van der Waals surface area (Å²) >= 11 is 16.8. The molecule has 0 radical (unpaired) electrons. The zero-order valence-corrected chi connectivity index (χ0v) is 16.4. The zero-order valence-electron chi connectivity index (χ0n) is 14.2. The number of benzene rings is 2. The molecule has 0 heterocycles. The minimum atomic E-state index is -2.84. The van der Waals surface area contributed by atoms with E-state index in [-0.39, 0.29) is 11.1 Å². The number of carbonyl (C=O) groups is 3. The van der Waals surface area contributed by atoms with E-state index >= 15 is 0 Å². The first-order valence-corrected chi connectivity index (χ1v) is 9.06. The predicted octanol–water partition coefficient (Wildman–Crippen LogP) is 2.67. The van der Waals surface area contributed by atoms with Gasteiger partial charge in [0.2, 0.25) is 5.24 Å². The van der Waals surface area contributed by atoms with Crippen LogP contribution in [0.25, 0.3) is 0 Å². The maximum Gasteiger partial charge on any atom is 0.225 e. The molecular formula is C19H15Cl3O6. The van der Waals surface area contributed by atoms with Crippen LogP contribution in [0.15, 0.2) is 48.5 Å². The van der Waals surface area contributed by atoms with Gasteiger partial charge in [0.1, 0.15) is 12.2 Å². The minimum Gasteiger partial charge on any atom is -0.386 e.